The van der Waals surface area contributed by atoms with Crippen molar-refractivity contribution in [3.8, 4) is 5.75 Å². The fourth-order valence-electron chi connectivity index (χ4n) is 3.39. The number of anilines is 1. The van der Waals surface area contributed by atoms with Crippen LogP contribution < -0.4 is 10.1 Å². The molecule has 0 unspecified atom stereocenters. The number of piperazine rings is 1. The highest BCUT2D eigenvalue weighted by atomic mass is 32.1. The Kier molecular flexibility index (Phi) is 5.85. The summed E-state index contributed by atoms with van der Waals surface area (Å²) in [5, 5.41) is 3.57. The SMILES string of the molecule is COc1ccc2nc(NC(=O)CN3CCN(Cc4ccccc4)CC3)sc2c1. The second-order valence-corrected chi connectivity index (χ2v) is 7.97. The van der Waals surface area contributed by atoms with Crippen LogP contribution in [0.4, 0.5) is 5.13 Å². The molecule has 0 bridgehead atoms. The summed E-state index contributed by atoms with van der Waals surface area (Å²) in [6.07, 6.45) is 0. The first-order valence-electron chi connectivity index (χ1n) is 9.43. The highest BCUT2D eigenvalue weighted by Gasteiger charge is 2.19. The van der Waals surface area contributed by atoms with Gasteiger partial charge in [0.05, 0.1) is 23.9 Å². The first-order chi connectivity index (χ1) is 13.7. The van der Waals surface area contributed by atoms with Gasteiger partial charge in [0.15, 0.2) is 5.13 Å². The van der Waals surface area contributed by atoms with E-state index in [0.717, 1.165) is 48.7 Å². The average molecular weight is 397 g/mol. The van der Waals surface area contributed by atoms with E-state index < -0.39 is 0 Å². The van der Waals surface area contributed by atoms with E-state index in [4.69, 9.17) is 4.74 Å². The minimum atomic E-state index is -0.0115. The third-order valence-electron chi connectivity index (χ3n) is 4.92. The molecule has 1 aliphatic heterocycles. The molecule has 0 atom stereocenters. The molecule has 0 aliphatic carbocycles. The molecule has 4 rings (SSSR count). The van der Waals surface area contributed by atoms with Crippen molar-refractivity contribution >= 4 is 32.6 Å². The topological polar surface area (TPSA) is 57.7 Å². The van der Waals surface area contributed by atoms with Crippen LogP contribution in [0.15, 0.2) is 48.5 Å². The van der Waals surface area contributed by atoms with Crippen LogP contribution in [0.5, 0.6) is 5.75 Å². The summed E-state index contributed by atoms with van der Waals surface area (Å²) >= 11 is 1.47. The van der Waals surface area contributed by atoms with E-state index in [1.165, 1.54) is 16.9 Å². The molecule has 0 radical (unpaired) electrons. The fraction of sp³-hybridized carbons (Fsp3) is 0.333. The van der Waals surface area contributed by atoms with Gasteiger partial charge in [-0.3, -0.25) is 14.6 Å². The molecule has 3 aromatic rings. The summed E-state index contributed by atoms with van der Waals surface area (Å²) in [5.41, 5.74) is 2.21. The second kappa shape index (κ2) is 8.68. The van der Waals surface area contributed by atoms with E-state index in [2.05, 4.69) is 44.4 Å². The Morgan fingerprint density at radius 2 is 1.86 bits per heavy atom. The number of rotatable bonds is 6. The molecular weight excluding hydrogens is 372 g/mol. The van der Waals surface area contributed by atoms with Crippen molar-refractivity contribution < 1.29 is 9.53 Å². The number of hydrogen-bond acceptors (Lipinski definition) is 6. The van der Waals surface area contributed by atoms with E-state index in [9.17, 15) is 4.79 Å². The van der Waals surface area contributed by atoms with Gasteiger partial charge in [0.25, 0.3) is 0 Å². The van der Waals surface area contributed by atoms with Crippen molar-refractivity contribution in [2.45, 2.75) is 6.54 Å². The molecule has 1 amide bonds. The van der Waals surface area contributed by atoms with Gasteiger partial charge in [-0.1, -0.05) is 41.7 Å². The number of hydrogen-bond donors (Lipinski definition) is 1. The molecule has 146 valence electrons. The number of carbonyl (C=O) groups excluding carboxylic acids is 1. The lowest BCUT2D eigenvalue weighted by Gasteiger charge is -2.34. The van der Waals surface area contributed by atoms with Crippen molar-refractivity contribution in [3.63, 3.8) is 0 Å². The summed E-state index contributed by atoms with van der Waals surface area (Å²) in [7, 11) is 1.64. The maximum atomic E-state index is 12.4. The van der Waals surface area contributed by atoms with Crippen molar-refractivity contribution in [2.24, 2.45) is 0 Å². The molecule has 0 saturated carbocycles. The average Bonchev–Trinajstić information content (AvgIpc) is 3.11. The van der Waals surface area contributed by atoms with Crippen LogP contribution in [-0.2, 0) is 11.3 Å². The number of carbonyl (C=O) groups is 1. The van der Waals surface area contributed by atoms with Crippen molar-refractivity contribution in [1.29, 1.82) is 0 Å². The van der Waals surface area contributed by atoms with Gasteiger partial charge < -0.3 is 10.1 Å². The highest BCUT2D eigenvalue weighted by Crippen LogP contribution is 2.29. The van der Waals surface area contributed by atoms with E-state index in [0.29, 0.717) is 11.7 Å². The van der Waals surface area contributed by atoms with E-state index in [1.807, 2.05) is 24.3 Å². The van der Waals surface area contributed by atoms with Crippen LogP contribution in [-0.4, -0.2) is 60.5 Å². The maximum Gasteiger partial charge on any atom is 0.240 e. The predicted molar refractivity (Wildman–Crippen MR) is 113 cm³/mol. The zero-order valence-electron chi connectivity index (χ0n) is 15.9. The van der Waals surface area contributed by atoms with Gasteiger partial charge in [-0.25, -0.2) is 4.98 Å². The van der Waals surface area contributed by atoms with E-state index >= 15 is 0 Å². The van der Waals surface area contributed by atoms with Gasteiger partial charge in [-0.2, -0.15) is 0 Å². The number of fused-ring (bicyclic) bond motifs is 1. The number of thiazole rings is 1. The van der Waals surface area contributed by atoms with E-state index in [-0.39, 0.29) is 5.91 Å². The molecule has 1 aromatic heterocycles. The number of nitrogens with zero attached hydrogens (tertiary/aromatic N) is 3. The molecule has 0 spiro atoms. The van der Waals surface area contributed by atoms with Crippen molar-refractivity contribution in [2.75, 3.05) is 45.2 Å². The molecule has 2 heterocycles. The number of benzene rings is 2. The number of aromatic nitrogens is 1. The summed E-state index contributed by atoms with van der Waals surface area (Å²) in [4.78, 5) is 21.5. The molecule has 1 fully saturated rings. The van der Waals surface area contributed by atoms with E-state index in [1.54, 1.807) is 7.11 Å². The zero-order chi connectivity index (χ0) is 19.3. The van der Waals surface area contributed by atoms with Crippen LogP contribution in [0.25, 0.3) is 10.2 Å². The molecule has 2 aromatic carbocycles. The zero-order valence-corrected chi connectivity index (χ0v) is 16.7. The number of ether oxygens (including phenoxy) is 1. The number of amides is 1. The van der Waals surface area contributed by atoms with Crippen LogP contribution in [0.3, 0.4) is 0 Å². The highest BCUT2D eigenvalue weighted by molar-refractivity contribution is 7.22. The Morgan fingerprint density at radius 1 is 1.11 bits per heavy atom. The molecule has 1 N–H and O–H groups in total. The third-order valence-corrected chi connectivity index (χ3v) is 5.86. The molecule has 1 saturated heterocycles. The molecule has 6 nitrogen and oxygen atoms in total. The van der Waals surface area contributed by atoms with Gasteiger partial charge >= 0.3 is 0 Å². The monoisotopic (exact) mass is 396 g/mol. The molecule has 7 heteroatoms. The van der Waals surface area contributed by atoms with Crippen LogP contribution in [0, 0.1) is 0 Å². The Balaban J connectivity index is 1.26. The second-order valence-electron chi connectivity index (χ2n) is 6.94. The maximum absolute atomic E-state index is 12.4. The summed E-state index contributed by atoms with van der Waals surface area (Å²) in [6.45, 7) is 5.12. The standard InChI is InChI=1S/C21H24N4O2S/c1-27-17-7-8-18-19(13-17)28-21(22-18)23-20(26)15-25-11-9-24(10-12-25)14-16-5-3-2-4-6-16/h2-8,13H,9-12,14-15H2,1H3,(H,22,23,26). The van der Waals surface area contributed by atoms with Gasteiger partial charge in [-0.05, 0) is 23.8 Å². The smallest absolute Gasteiger partial charge is 0.240 e. The minimum absolute atomic E-state index is 0.0115. The Bertz CT molecular complexity index is 936. The fourth-order valence-corrected chi connectivity index (χ4v) is 4.30. The lowest BCUT2D eigenvalue weighted by atomic mass is 10.2. The first-order valence-corrected chi connectivity index (χ1v) is 10.2. The van der Waals surface area contributed by atoms with Crippen LogP contribution in [0.2, 0.25) is 0 Å². The Hall–Kier alpha value is -2.48. The number of nitrogens with one attached hydrogen (secondary N) is 1. The van der Waals surface area contributed by atoms with Gasteiger partial charge in [0.2, 0.25) is 5.91 Å². The van der Waals surface area contributed by atoms with Crippen molar-refractivity contribution in [1.82, 2.24) is 14.8 Å². The molecule has 28 heavy (non-hydrogen) atoms. The van der Waals surface area contributed by atoms with Crippen LogP contribution >= 0.6 is 11.3 Å². The summed E-state index contributed by atoms with van der Waals surface area (Å²) < 4.78 is 6.24. The van der Waals surface area contributed by atoms with Crippen molar-refractivity contribution in [3.05, 3.63) is 54.1 Å². The Morgan fingerprint density at radius 3 is 2.61 bits per heavy atom. The van der Waals surface area contributed by atoms with Gasteiger partial charge in [0, 0.05) is 32.7 Å². The third kappa shape index (κ3) is 4.67. The normalized spacial score (nSPS) is 15.6. The minimum Gasteiger partial charge on any atom is -0.497 e. The number of methoxy groups -OCH3 is 1. The summed E-state index contributed by atoms with van der Waals surface area (Å²) in [5.74, 6) is 0.782. The first kappa shape index (κ1) is 18.9. The predicted octanol–water partition coefficient (Wildman–Crippen LogP) is 3.06. The summed E-state index contributed by atoms with van der Waals surface area (Å²) in [6, 6.07) is 16.2. The molecular formula is C21H24N4O2S. The van der Waals surface area contributed by atoms with Gasteiger partial charge in [-0.15, -0.1) is 0 Å². The van der Waals surface area contributed by atoms with Gasteiger partial charge in [0.1, 0.15) is 5.75 Å². The lowest BCUT2D eigenvalue weighted by molar-refractivity contribution is -0.117. The molecule has 1 aliphatic rings. The Labute approximate surface area is 168 Å². The lowest BCUT2D eigenvalue weighted by Crippen LogP contribution is -2.48. The van der Waals surface area contributed by atoms with Crippen LogP contribution in [0.1, 0.15) is 5.56 Å². The largest absolute Gasteiger partial charge is 0.497 e. The quantitative estimate of drug-likeness (QED) is 0.694.